The van der Waals surface area contributed by atoms with E-state index in [-0.39, 0.29) is 18.3 Å². The first-order valence-electron chi connectivity index (χ1n) is 33.6. The highest BCUT2D eigenvalue weighted by Gasteiger charge is 2.51. The van der Waals surface area contributed by atoms with Crippen LogP contribution in [0.4, 0.5) is 0 Å². The minimum atomic E-state index is -0.310. The molecule has 6 heterocycles. The highest BCUT2D eigenvalue weighted by molar-refractivity contribution is 9.11. The average Bonchev–Trinajstić information content (AvgIpc) is 1.75. The molecule has 0 aliphatic carbocycles. The zero-order valence-corrected chi connectivity index (χ0v) is 61.3. The van der Waals surface area contributed by atoms with Crippen LogP contribution < -0.4 is 5.46 Å². The van der Waals surface area contributed by atoms with Crippen molar-refractivity contribution in [1.29, 1.82) is 0 Å². The second-order valence-electron chi connectivity index (χ2n) is 26.3. The Morgan fingerprint density at radius 1 is 0.228 bits per heavy atom. The lowest BCUT2D eigenvalue weighted by Gasteiger charge is -2.32. The van der Waals surface area contributed by atoms with Gasteiger partial charge >= 0.3 is 7.12 Å². The molecule has 0 saturated carbocycles. The van der Waals surface area contributed by atoms with Gasteiger partial charge in [0.05, 0.1) is 11.2 Å². The Balaban J connectivity index is 0.000000154. The van der Waals surface area contributed by atoms with Crippen LogP contribution in [0.3, 0.4) is 0 Å². The van der Waals surface area contributed by atoms with Crippen LogP contribution in [0.5, 0.6) is 0 Å². The Labute approximate surface area is 608 Å². The summed E-state index contributed by atoms with van der Waals surface area (Å²) in [7, 11) is -0.310. The minimum Gasteiger partial charge on any atom is -0.399 e. The van der Waals surface area contributed by atoms with Crippen molar-refractivity contribution >= 4 is 44.4 Å². The Morgan fingerprint density at radius 2 is 0.446 bits per heavy atom. The van der Waals surface area contributed by atoms with E-state index in [1.807, 2.05) is 181 Å². The number of aromatic nitrogens is 9. The highest BCUT2D eigenvalue weighted by atomic mass is 79.9. The van der Waals surface area contributed by atoms with Crippen LogP contribution in [0.15, 0.2) is 276 Å². The summed E-state index contributed by atoms with van der Waals surface area (Å²) in [5.74, 6) is 3.84. The van der Waals surface area contributed by atoms with E-state index >= 15 is 0 Å². The van der Waals surface area contributed by atoms with E-state index in [1.165, 1.54) is 11.1 Å². The number of benzene rings is 9. The summed E-state index contributed by atoms with van der Waals surface area (Å²) in [5, 5.41) is 0. The lowest BCUT2D eigenvalue weighted by molar-refractivity contribution is 0.00578. The first kappa shape index (κ1) is 68.9. The molecule has 496 valence electrons. The number of aryl methyl sites for hydroxylation is 6. The summed E-state index contributed by atoms with van der Waals surface area (Å²) in [6.45, 7) is 20.5. The Hall–Kier alpha value is -10.6. The van der Waals surface area contributed by atoms with Gasteiger partial charge in [-0.1, -0.05) is 226 Å². The topological polar surface area (TPSA) is 134 Å². The third kappa shape index (κ3) is 16.7. The highest BCUT2D eigenvalue weighted by Crippen LogP contribution is 2.39. The normalized spacial score (nSPS) is 12.8. The molecule has 1 aliphatic heterocycles. The molecular weight excluding hydrogens is 1370 g/mol. The van der Waals surface area contributed by atoms with E-state index in [0.29, 0.717) is 34.9 Å². The van der Waals surface area contributed by atoms with Crippen molar-refractivity contribution in [1.82, 2.24) is 44.9 Å². The zero-order valence-electron chi connectivity index (χ0n) is 58.1. The van der Waals surface area contributed by atoms with Gasteiger partial charge in [0.25, 0.3) is 0 Å². The van der Waals surface area contributed by atoms with Crippen molar-refractivity contribution in [2.24, 2.45) is 0 Å². The van der Waals surface area contributed by atoms with Crippen molar-refractivity contribution in [3.05, 3.63) is 310 Å². The quantitative estimate of drug-likeness (QED) is 0.108. The molecule has 0 amide bonds. The smallest absolute Gasteiger partial charge is 0.399 e. The van der Waals surface area contributed by atoms with Gasteiger partial charge in [-0.15, -0.1) is 0 Å². The van der Waals surface area contributed by atoms with Crippen LogP contribution in [-0.2, 0) is 9.31 Å². The molecule has 1 aliphatic rings. The Kier molecular flexibility index (Phi) is 20.5. The van der Waals surface area contributed by atoms with E-state index in [0.717, 1.165) is 126 Å². The zero-order chi connectivity index (χ0) is 70.4. The standard InChI is InChI=1S/C47H37N5.C21H13Br2N3.C19H24BNO2/c1-30-23-40(24-31(2)48-30)34-15-19-36(20-16-34)42-27-43(37-21-17-35(18-22-37)41-25-32(3)49-33(4)26-41)29-44(28-42)47-51-45(38-11-7-5-8-12-38)50-46(52-47)39-13-9-6-10-14-39;22-17-11-16(12-18(23)13-17)21-25-19(14-7-3-1-4-8-14)24-20(26-21)15-9-5-2-6-10-15;1-13-11-16(12-14(2)21-13)15-7-9-17(10-8-15)20-22-18(3,4)19(5,6)23-20/h5-29H,1-4H3;1-13H;7-12H,1-6H3. The van der Waals surface area contributed by atoms with Gasteiger partial charge in [0.2, 0.25) is 0 Å². The molecule has 0 spiro atoms. The van der Waals surface area contributed by atoms with Crippen molar-refractivity contribution in [3.63, 3.8) is 0 Å². The maximum Gasteiger partial charge on any atom is 0.494 e. The molecule has 5 aromatic heterocycles. The predicted octanol–water partition coefficient (Wildman–Crippen LogP) is 21.6. The van der Waals surface area contributed by atoms with Crippen molar-refractivity contribution in [2.45, 2.75) is 80.4 Å². The van der Waals surface area contributed by atoms with Crippen LogP contribution in [0.1, 0.15) is 61.9 Å². The molecule has 0 unspecified atom stereocenters. The van der Waals surface area contributed by atoms with Gasteiger partial charge in [-0.25, -0.2) is 29.9 Å². The summed E-state index contributed by atoms with van der Waals surface area (Å²) < 4.78 is 14.1. The van der Waals surface area contributed by atoms with Gasteiger partial charge in [0, 0.05) is 76.5 Å². The molecule has 15 rings (SSSR count). The molecule has 14 aromatic rings. The van der Waals surface area contributed by atoms with Crippen LogP contribution >= 0.6 is 31.9 Å². The Morgan fingerprint density at radius 3 is 0.713 bits per heavy atom. The van der Waals surface area contributed by atoms with E-state index in [1.54, 1.807) is 0 Å². The van der Waals surface area contributed by atoms with Crippen molar-refractivity contribution in [3.8, 4) is 124 Å². The first-order chi connectivity index (χ1) is 48.7. The van der Waals surface area contributed by atoms with Crippen molar-refractivity contribution < 1.29 is 9.31 Å². The molecule has 11 nitrogen and oxygen atoms in total. The monoisotopic (exact) mass is 1450 g/mol. The largest absolute Gasteiger partial charge is 0.494 e. The van der Waals surface area contributed by atoms with Gasteiger partial charge < -0.3 is 9.31 Å². The molecule has 1 fully saturated rings. The minimum absolute atomic E-state index is 0.310. The van der Waals surface area contributed by atoms with E-state index in [2.05, 4.69) is 202 Å². The van der Waals surface area contributed by atoms with Crippen molar-refractivity contribution in [2.75, 3.05) is 0 Å². The van der Waals surface area contributed by atoms with Crippen LogP contribution in [0.25, 0.3) is 124 Å². The molecule has 0 bridgehead atoms. The summed E-state index contributed by atoms with van der Waals surface area (Å²) in [5.41, 5.74) is 23.6. The third-order valence-electron chi connectivity index (χ3n) is 17.8. The van der Waals surface area contributed by atoms with Crippen LogP contribution in [-0.4, -0.2) is 63.2 Å². The maximum absolute atomic E-state index is 6.10. The summed E-state index contributed by atoms with van der Waals surface area (Å²) in [4.78, 5) is 42.8. The molecule has 101 heavy (non-hydrogen) atoms. The molecular formula is C87H74BBr2N9O2. The lowest BCUT2D eigenvalue weighted by Crippen LogP contribution is -2.41. The van der Waals surface area contributed by atoms with Gasteiger partial charge in [-0.3, -0.25) is 15.0 Å². The predicted molar refractivity (Wildman–Crippen MR) is 419 cm³/mol. The van der Waals surface area contributed by atoms with E-state index < -0.39 is 0 Å². The number of hydrogen-bond donors (Lipinski definition) is 0. The molecule has 0 atom stereocenters. The maximum atomic E-state index is 6.10. The molecule has 1 saturated heterocycles. The number of nitrogens with zero attached hydrogens (tertiary/aromatic N) is 9. The summed E-state index contributed by atoms with van der Waals surface area (Å²) in [6.07, 6.45) is 0. The second kappa shape index (κ2) is 30.1. The molecule has 9 aromatic carbocycles. The fraction of sp³-hybridized carbons (Fsp3) is 0.138. The van der Waals surface area contributed by atoms with Gasteiger partial charge in [0.15, 0.2) is 34.9 Å². The third-order valence-corrected chi connectivity index (χ3v) is 18.7. The molecule has 0 N–H and O–H groups in total. The SMILES string of the molecule is Brc1cc(Br)cc(-c2nc(-c3ccccc3)nc(-c3ccccc3)n2)c1.Cc1cc(-c2ccc(-c3cc(-c4ccc(-c5cc(C)nc(C)c5)cc4)cc(-c4nc(-c5ccccc5)nc(-c5ccccc5)n4)c3)cc2)cc(C)n1.Cc1cc(-c2ccc(B3OC(C)(C)C(C)(C)O3)cc2)cc(C)n1. The molecule has 14 heteroatoms. The lowest BCUT2D eigenvalue weighted by atomic mass is 9.78. The fourth-order valence-electron chi connectivity index (χ4n) is 12.2. The van der Waals surface area contributed by atoms with Gasteiger partial charge in [-0.2, -0.15) is 0 Å². The van der Waals surface area contributed by atoms with E-state index in [4.69, 9.17) is 39.2 Å². The summed E-state index contributed by atoms with van der Waals surface area (Å²) in [6, 6.07) is 91.4. The second-order valence-corrected chi connectivity index (χ2v) is 28.1. The van der Waals surface area contributed by atoms with Crippen LogP contribution in [0, 0.1) is 41.5 Å². The number of hydrogen-bond acceptors (Lipinski definition) is 11. The number of rotatable bonds is 12. The molecule has 0 radical (unpaired) electrons. The Bertz CT molecular complexity index is 4940. The number of pyridine rings is 3. The summed E-state index contributed by atoms with van der Waals surface area (Å²) >= 11 is 7.07. The van der Waals surface area contributed by atoms with Crippen LogP contribution in [0.2, 0.25) is 0 Å². The average molecular weight is 1450 g/mol. The number of halogens is 2. The first-order valence-corrected chi connectivity index (χ1v) is 35.2. The fourth-order valence-corrected chi connectivity index (χ4v) is 13.5. The van der Waals surface area contributed by atoms with Gasteiger partial charge in [0.1, 0.15) is 0 Å². The van der Waals surface area contributed by atoms with Gasteiger partial charge in [-0.05, 0) is 203 Å². The van der Waals surface area contributed by atoms with E-state index in [9.17, 15) is 0 Å².